The van der Waals surface area contributed by atoms with Gasteiger partial charge in [-0.1, -0.05) is 20.3 Å². The quantitative estimate of drug-likeness (QED) is 0.706. The minimum Gasteiger partial charge on any atom is -0.311 e. The Labute approximate surface area is 82.3 Å². The van der Waals surface area contributed by atoms with Gasteiger partial charge in [-0.15, -0.1) is 0 Å². The molecule has 2 aliphatic carbocycles. The van der Waals surface area contributed by atoms with Gasteiger partial charge in [-0.3, -0.25) is 0 Å². The van der Waals surface area contributed by atoms with Gasteiger partial charge in [-0.05, 0) is 43.9 Å². The van der Waals surface area contributed by atoms with Crippen LogP contribution in [0.15, 0.2) is 0 Å². The zero-order chi connectivity index (χ0) is 9.26. The molecule has 0 saturated heterocycles. The molecule has 0 spiro atoms. The van der Waals surface area contributed by atoms with E-state index in [9.17, 15) is 0 Å². The van der Waals surface area contributed by atoms with E-state index >= 15 is 0 Å². The Bertz CT molecular complexity index is 159. The van der Waals surface area contributed by atoms with Crippen LogP contribution in [0.25, 0.3) is 0 Å². The molecule has 13 heavy (non-hydrogen) atoms. The van der Waals surface area contributed by atoms with Crippen LogP contribution in [0.4, 0.5) is 0 Å². The minimum atomic E-state index is 0.859. The van der Waals surface area contributed by atoms with Crippen LogP contribution in [0.1, 0.15) is 52.4 Å². The number of rotatable bonds is 3. The van der Waals surface area contributed by atoms with Gasteiger partial charge in [0.25, 0.3) is 0 Å². The summed E-state index contributed by atoms with van der Waals surface area (Å²) in [7, 11) is 0. The highest BCUT2D eigenvalue weighted by Crippen LogP contribution is 2.33. The molecule has 0 bridgehead atoms. The highest BCUT2D eigenvalue weighted by Gasteiger charge is 2.34. The van der Waals surface area contributed by atoms with Gasteiger partial charge in [0.05, 0.1) is 0 Å². The lowest BCUT2D eigenvalue weighted by Gasteiger charge is -2.28. The van der Waals surface area contributed by atoms with Crippen LogP contribution in [0.3, 0.4) is 0 Å². The highest BCUT2D eigenvalue weighted by atomic mass is 15.0. The molecule has 2 fully saturated rings. The van der Waals surface area contributed by atoms with Crippen molar-refractivity contribution in [3.05, 3.63) is 0 Å². The summed E-state index contributed by atoms with van der Waals surface area (Å²) in [5.41, 5.74) is 0. The highest BCUT2D eigenvalue weighted by molar-refractivity contribution is 4.92. The molecule has 0 aromatic heterocycles. The molecule has 1 nitrogen and oxygen atoms in total. The first-order chi connectivity index (χ1) is 6.29. The maximum atomic E-state index is 3.79. The van der Waals surface area contributed by atoms with Crippen molar-refractivity contribution in [1.29, 1.82) is 0 Å². The van der Waals surface area contributed by atoms with Crippen LogP contribution >= 0.6 is 0 Å². The topological polar surface area (TPSA) is 12.0 Å². The summed E-state index contributed by atoms with van der Waals surface area (Å²) < 4.78 is 0. The molecule has 2 saturated carbocycles. The third-order valence-electron chi connectivity index (χ3n) is 3.98. The SMILES string of the molecule is CCC1CCC(N[C@@H]2C[C@H]2C)CC1. The monoisotopic (exact) mass is 181 g/mol. The third-order valence-corrected chi connectivity index (χ3v) is 3.98. The third kappa shape index (κ3) is 2.46. The predicted molar refractivity (Wildman–Crippen MR) is 56.7 cm³/mol. The van der Waals surface area contributed by atoms with Gasteiger partial charge in [0.15, 0.2) is 0 Å². The Hall–Kier alpha value is -0.0400. The standard InChI is InChI=1S/C12H23N/c1-3-10-4-6-11(7-5-10)13-12-8-9(12)2/h9-13H,3-8H2,1-2H3/t9-,10?,11?,12-/m1/s1. The zero-order valence-corrected chi connectivity index (χ0v) is 9.05. The van der Waals surface area contributed by atoms with E-state index in [1.807, 2.05) is 0 Å². The fourth-order valence-corrected chi connectivity index (χ4v) is 2.59. The smallest absolute Gasteiger partial charge is 0.00989 e. The van der Waals surface area contributed by atoms with Gasteiger partial charge in [0.2, 0.25) is 0 Å². The minimum absolute atomic E-state index is 0.859. The van der Waals surface area contributed by atoms with Crippen molar-refractivity contribution in [1.82, 2.24) is 5.32 Å². The van der Waals surface area contributed by atoms with E-state index in [0.717, 1.165) is 23.9 Å². The van der Waals surface area contributed by atoms with Gasteiger partial charge in [0.1, 0.15) is 0 Å². The summed E-state index contributed by atoms with van der Waals surface area (Å²) in [4.78, 5) is 0. The zero-order valence-electron chi connectivity index (χ0n) is 9.05. The summed E-state index contributed by atoms with van der Waals surface area (Å²) in [6.07, 6.45) is 8.62. The van der Waals surface area contributed by atoms with Crippen LogP contribution < -0.4 is 5.32 Å². The van der Waals surface area contributed by atoms with Gasteiger partial charge < -0.3 is 5.32 Å². The Morgan fingerprint density at radius 3 is 2.23 bits per heavy atom. The number of nitrogens with one attached hydrogen (secondary N) is 1. The van der Waals surface area contributed by atoms with Crippen LogP contribution in [0.5, 0.6) is 0 Å². The van der Waals surface area contributed by atoms with E-state index in [2.05, 4.69) is 19.2 Å². The summed E-state index contributed by atoms with van der Waals surface area (Å²) in [5.74, 6) is 2.00. The van der Waals surface area contributed by atoms with E-state index in [1.165, 1.54) is 38.5 Å². The molecule has 1 heteroatoms. The van der Waals surface area contributed by atoms with Gasteiger partial charge >= 0.3 is 0 Å². The first-order valence-electron chi connectivity index (χ1n) is 6.05. The van der Waals surface area contributed by atoms with E-state index in [-0.39, 0.29) is 0 Å². The van der Waals surface area contributed by atoms with Gasteiger partial charge in [0, 0.05) is 12.1 Å². The van der Waals surface area contributed by atoms with Crippen molar-refractivity contribution in [2.75, 3.05) is 0 Å². The first-order valence-corrected chi connectivity index (χ1v) is 6.05. The molecule has 0 aromatic rings. The molecule has 2 rings (SSSR count). The molecule has 0 unspecified atom stereocenters. The van der Waals surface area contributed by atoms with Crippen molar-refractivity contribution in [2.24, 2.45) is 11.8 Å². The molecule has 0 aliphatic heterocycles. The van der Waals surface area contributed by atoms with E-state index in [1.54, 1.807) is 0 Å². The van der Waals surface area contributed by atoms with Crippen LogP contribution in [-0.4, -0.2) is 12.1 Å². The Morgan fingerprint density at radius 1 is 1.15 bits per heavy atom. The molecule has 76 valence electrons. The number of hydrogen-bond acceptors (Lipinski definition) is 1. The lowest BCUT2D eigenvalue weighted by atomic mass is 9.84. The average molecular weight is 181 g/mol. The van der Waals surface area contributed by atoms with Crippen molar-refractivity contribution >= 4 is 0 Å². The predicted octanol–water partition coefficient (Wildman–Crippen LogP) is 2.95. The van der Waals surface area contributed by atoms with E-state index in [4.69, 9.17) is 0 Å². The largest absolute Gasteiger partial charge is 0.311 e. The molecule has 0 heterocycles. The first kappa shape index (κ1) is 9.51. The molecule has 0 aromatic carbocycles. The van der Waals surface area contributed by atoms with Crippen LogP contribution in [-0.2, 0) is 0 Å². The van der Waals surface area contributed by atoms with Crippen molar-refractivity contribution < 1.29 is 0 Å². The molecule has 0 radical (unpaired) electrons. The normalized spacial score (nSPS) is 44.8. The maximum Gasteiger partial charge on any atom is 0.00989 e. The Morgan fingerprint density at radius 2 is 1.77 bits per heavy atom. The second-order valence-corrected chi connectivity index (χ2v) is 5.11. The van der Waals surface area contributed by atoms with Crippen LogP contribution in [0, 0.1) is 11.8 Å². The van der Waals surface area contributed by atoms with E-state index < -0.39 is 0 Å². The van der Waals surface area contributed by atoms with Gasteiger partial charge in [-0.2, -0.15) is 0 Å². The lowest BCUT2D eigenvalue weighted by molar-refractivity contribution is 0.283. The van der Waals surface area contributed by atoms with Crippen molar-refractivity contribution in [3.8, 4) is 0 Å². The molecular weight excluding hydrogens is 158 g/mol. The lowest BCUT2D eigenvalue weighted by Crippen LogP contribution is -2.35. The summed E-state index contributed by atoms with van der Waals surface area (Å²) in [5, 5.41) is 3.79. The van der Waals surface area contributed by atoms with Crippen molar-refractivity contribution in [2.45, 2.75) is 64.5 Å². The Balaban J connectivity index is 1.66. The molecule has 2 aliphatic rings. The van der Waals surface area contributed by atoms with E-state index in [0.29, 0.717) is 0 Å². The van der Waals surface area contributed by atoms with Gasteiger partial charge in [-0.25, -0.2) is 0 Å². The number of hydrogen-bond donors (Lipinski definition) is 1. The molecule has 1 N–H and O–H groups in total. The van der Waals surface area contributed by atoms with Crippen molar-refractivity contribution in [3.63, 3.8) is 0 Å². The summed E-state index contributed by atoms with van der Waals surface area (Å²) in [6.45, 7) is 4.69. The molecule has 2 atom stereocenters. The maximum absolute atomic E-state index is 3.79. The summed E-state index contributed by atoms with van der Waals surface area (Å²) in [6, 6.07) is 1.74. The second-order valence-electron chi connectivity index (χ2n) is 5.11. The molecular formula is C12H23N. The fraction of sp³-hybridized carbons (Fsp3) is 1.00. The summed E-state index contributed by atoms with van der Waals surface area (Å²) >= 11 is 0. The molecule has 0 amide bonds. The second kappa shape index (κ2) is 4.00. The Kier molecular flexibility index (Phi) is 2.92. The average Bonchev–Trinajstić information content (AvgIpc) is 2.83. The fourth-order valence-electron chi connectivity index (χ4n) is 2.59. The van der Waals surface area contributed by atoms with Crippen LogP contribution in [0.2, 0.25) is 0 Å².